The molecule has 2 atom stereocenters. The number of nitrogens with zero attached hydrogens (tertiary/aromatic N) is 8. The summed E-state index contributed by atoms with van der Waals surface area (Å²) in [6, 6.07) is 28.5. The lowest BCUT2D eigenvalue weighted by atomic mass is 10.0. The van der Waals surface area contributed by atoms with Gasteiger partial charge in [-0.3, -0.25) is 29.2 Å². The van der Waals surface area contributed by atoms with Crippen molar-refractivity contribution in [3.8, 4) is 0 Å². The van der Waals surface area contributed by atoms with Gasteiger partial charge in [0.25, 0.3) is 0 Å². The lowest BCUT2D eigenvalue weighted by Crippen LogP contribution is -2.35. The number of nitrogen functional groups attached to an aromatic ring is 1. The Balaban J connectivity index is 0.000000255. The van der Waals surface area contributed by atoms with E-state index in [1.165, 1.54) is 25.9 Å². The number of esters is 1. The van der Waals surface area contributed by atoms with Crippen LogP contribution in [0.3, 0.4) is 0 Å². The maximum absolute atomic E-state index is 12.6. The van der Waals surface area contributed by atoms with Crippen molar-refractivity contribution < 1.29 is 66.7 Å². The zero-order chi connectivity index (χ0) is 84.0. The molecule has 1 aromatic heterocycles. The molecule has 6 aromatic rings. The molecule has 4 heterocycles. The first kappa shape index (κ1) is 95.2. The fourth-order valence-corrected chi connectivity index (χ4v) is 12.2. The second kappa shape index (κ2) is 42.8. The molecule has 5 amide bonds. The SMILES string of the molecule is CC(C)(C)OC(=O)Cc1ccc(Cl)c(Br)c1.CN(C(=O)OC(C)(C)C)c1ccc(Cl)c(Br)c1.CN(C(=O)OC(C)(C)C)c1ccc(Cl)c(C2=COCCCN2C=O)c1.CN(C(=O)OC(C)(C)C)c1ccc(Cl)c(C2COCCCN2)c1.Cc1cc(N2CCCOCC2c2cc(N(C)C(=O)OC(C)(C)C)ccc2Cl)nc(N)n1. The van der Waals surface area contributed by atoms with E-state index in [-0.39, 0.29) is 30.4 Å². The van der Waals surface area contributed by atoms with E-state index in [1.807, 2.05) is 147 Å². The van der Waals surface area contributed by atoms with E-state index < -0.39 is 52.4 Å². The van der Waals surface area contributed by atoms with Gasteiger partial charge in [0.2, 0.25) is 12.4 Å². The Morgan fingerprint density at radius 2 is 0.964 bits per heavy atom. The number of nitrogens with two attached hydrogens (primary N) is 1. The number of ether oxygens (including phenoxy) is 8. The Morgan fingerprint density at radius 1 is 0.536 bits per heavy atom. The van der Waals surface area contributed by atoms with Crippen molar-refractivity contribution in [3.63, 3.8) is 0 Å². The zero-order valence-electron chi connectivity index (χ0n) is 67.5. The van der Waals surface area contributed by atoms with E-state index in [9.17, 15) is 28.8 Å². The van der Waals surface area contributed by atoms with Crippen molar-refractivity contribution >= 4 is 167 Å². The van der Waals surface area contributed by atoms with Gasteiger partial charge in [-0.2, -0.15) is 4.98 Å². The number of hydrogen-bond acceptors (Lipinski definition) is 19. The van der Waals surface area contributed by atoms with Crippen LogP contribution in [0.5, 0.6) is 0 Å². The highest BCUT2D eigenvalue weighted by atomic mass is 79.9. The molecule has 0 saturated carbocycles. The predicted octanol–water partition coefficient (Wildman–Crippen LogP) is 20.5. The predicted molar refractivity (Wildman–Crippen MR) is 455 cm³/mol. The number of rotatable bonds is 11. The van der Waals surface area contributed by atoms with Crippen LogP contribution < -0.4 is 35.6 Å². The molecule has 0 aliphatic carbocycles. The average molecular weight is 1780 g/mol. The largest absolute Gasteiger partial charge is 0.499 e. The molecule has 112 heavy (non-hydrogen) atoms. The van der Waals surface area contributed by atoms with Gasteiger partial charge in [0.15, 0.2) is 0 Å². The zero-order valence-corrected chi connectivity index (χ0v) is 74.5. The summed E-state index contributed by atoms with van der Waals surface area (Å²) in [6.07, 6.45) is 3.39. The average Bonchev–Trinajstić information content (AvgIpc) is 1.25. The molecule has 2 unspecified atom stereocenters. The Labute approximate surface area is 701 Å². The molecular weight excluding hydrogens is 1670 g/mol. The van der Waals surface area contributed by atoms with Gasteiger partial charge in [0, 0.05) is 114 Å². The number of halogens is 7. The van der Waals surface area contributed by atoms with E-state index in [1.54, 1.807) is 93.8 Å². The Bertz CT molecular complexity index is 4190. The number of aromatic nitrogens is 2. The maximum Gasteiger partial charge on any atom is 0.414 e. The van der Waals surface area contributed by atoms with Crippen molar-refractivity contribution in [1.82, 2.24) is 20.2 Å². The number of anilines is 6. The van der Waals surface area contributed by atoms with Gasteiger partial charge in [-0.25, -0.2) is 24.2 Å². The van der Waals surface area contributed by atoms with Crippen LogP contribution in [0.15, 0.2) is 112 Å². The molecule has 3 aliphatic heterocycles. The van der Waals surface area contributed by atoms with Crippen LogP contribution in [0.2, 0.25) is 25.1 Å². The van der Waals surface area contributed by atoms with Gasteiger partial charge < -0.3 is 58.7 Å². The molecule has 2 saturated heterocycles. The summed E-state index contributed by atoms with van der Waals surface area (Å²) in [6.45, 7) is 34.5. The van der Waals surface area contributed by atoms with Gasteiger partial charge in [0.1, 0.15) is 40.1 Å². The fraction of sp³-hybridized carbons (Fsp3) is 0.481. The Kier molecular flexibility index (Phi) is 36.4. The van der Waals surface area contributed by atoms with Crippen molar-refractivity contribution in [3.05, 3.63) is 165 Å². The molecular formula is C81H107Br2Cl5N10O14. The first-order valence-electron chi connectivity index (χ1n) is 36.2. The third-order valence-corrected chi connectivity index (χ3v) is 19.2. The second-order valence-electron chi connectivity index (χ2n) is 31.2. The molecule has 5 aromatic carbocycles. The molecule has 24 nitrogen and oxygen atoms in total. The molecule has 31 heteroatoms. The van der Waals surface area contributed by atoms with Crippen LogP contribution in [0.1, 0.15) is 163 Å². The van der Waals surface area contributed by atoms with Crippen LogP contribution in [-0.4, -0.2) is 160 Å². The van der Waals surface area contributed by atoms with Crippen LogP contribution in [0, 0.1) is 6.92 Å². The summed E-state index contributed by atoms with van der Waals surface area (Å²) in [7, 11) is 6.65. The topological polar surface area (TPSA) is 260 Å². The summed E-state index contributed by atoms with van der Waals surface area (Å²) in [5, 5.41) is 6.37. The third kappa shape index (κ3) is 32.1. The molecule has 3 N–H and O–H groups in total. The number of aryl methyl sites for hydroxylation is 1. The van der Waals surface area contributed by atoms with E-state index in [0.29, 0.717) is 80.7 Å². The summed E-state index contributed by atoms with van der Waals surface area (Å²) < 4.78 is 45.2. The van der Waals surface area contributed by atoms with Crippen molar-refractivity contribution in [2.75, 3.05) is 111 Å². The van der Waals surface area contributed by atoms with Crippen LogP contribution in [0.4, 0.5) is 53.7 Å². The lowest BCUT2D eigenvalue weighted by Gasteiger charge is -2.32. The molecule has 9 rings (SSSR count). The van der Waals surface area contributed by atoms with Crippen molar-refractivity contribution in [1.29, 1.82) is 0 Å². The van der Waals surface area contributed by atoms with Gasteiger partial charge >= 0.3 is 30.3 Å². The maximum atomic E-state index is 12.6. The minimum Gasteiger partial charge on any atom is -0.499 e. The van der Waals surface area contributed by atoms with Crippen molar-refractivity contribution in [2.24, 2.45) is 0 Å². The van der Waals surface area contributed by atoms with Crippen molar-refractivity contribution in [2.45, 2.75) is 177 Å². The molecule has 614 valence electrons. The van der Waals surface area contributed by atoms with Crippen LogP contribution in [0.25, 0.3) is 5.70 Å². The molecule has 3 aliphatic rings. The monoisotopic (exact) mass is 1780 g/mol. The Morgan fingerprint density at radius 3 is 1.45 bits per heavy atom. The summed E-state index contributed by atoms with van der Waals surface area (Å²) in [5.41, 5.74) is 10.6. The molecule has 0 spiro atoms. The number of carbonyl (C=O) groups excluding carboxylic acids is 6. The Hall–Kier alpha value is -7.37. The highest BCUT2D eigenvalue weighted by molar-refractivity contribution is 9.10. The number of benzene rings is 5. The van der Waals surface area contributed by atoms with Crippen LogP contribution in [-0.2, 0) is 53.9 Å². The fourth-order valence-electron chi connectivity index (χ4n) is 10.5. The third-order valence-electron chi connectivity index (χ3n) is 15.7. The minimum atomic E-state index is -0.591. The first-order valence-corrected chi connectivity index (χ1v) is 39.7. The van der Waals surface area contributed by atoms with Crippen LogP contribution >= 0.6 is 89.9 Å². The smallest absolute Gasteiger partial charge is 0.414 e. The molecule has 0 radical (unpaired) electrons. The quantitative estimate of drug-likeness (QED) is 0.0694. The lowest BCUT2D eigenvalue weighted by molar-refractivity contribution is -0.153. The van der Waals surface area contributed by atoms with Gasteiger partial charge in [0.05, 0.1) is 59.1 Å². The number of amides is 5. The summed E-state index contributed by atoms with van der Waals surface area (Å²) in [5.74, 6) is 0.715. The second-order valence-corrected chi connectivity index (χ2v) is 34.9. The standard InChI is InChI=1S/C22H30ClN5O3.C18H23ClN2O4.C17H25ClN2O3.C12H15BrClNO2.C12H14BrClO2/c1-14-11-19(26-20(24)25-14)28-9-6-10-30-13-18(28)16-12-15(7-8-17(16)23)27(5)21(29)31-22(2,3)4;1-18(2,3)25-17(23)20(4)13-6-7-15(19)14(10-13)16-11-24-9-5-8-21(16)12-22;1-17(2,3)23-16(21)20(4)12-6-7-14(18)13(10-12)15-11-22-9-5-8-19-15;1-12(2,3)17-11(16)15(4)8-5-6-10(14)9(13)7-8;1-12(2,3)16-11(15)7-8-4-5-10(14)9(13)6-8/h7-8,11-12,18H,6,9-10,13H2,1-5H3,(H2,24,25,26);6-7,10-12H,5,8-9H2,1-4H3;6-7,10,15,19H,5,8-9,11H2,1-4H3;5-7H,1-4H3;4-6H,7H2,1-3H3. The first-order chi connectivity index (χ1) is 52.0. The number of carbonyl (C=O) groups is 6. The highest BCUT2D eigenvalue weighted by Crippen LogP contribution is 2.38. The van der Waals surface area contributed by atoms with E-state index >= 15 is 0 Å². The van der Waals surface area contributed by atoms with E-state index in [0.717, 1.165) is 93.9 Å². The minimum absolute atomic E-state index is 0.0250. The number of nitrogens with one attached hydrogen (secondary N) is 1. The summed E-state index contributed by atoms with van der Waals surface area (Å²) >= 11 is 37.7. The van der Waals surface area contributed by atoms with Gasteiger partial charge in [-0.1, -0.05) is 64.1 Å². The number of hydrogen-bond donors (Lipinski definition) is 2. The normalized spacial score (nSPS) is 15.3. The van der Waals surface area contributed by atoms with Gasteiger partial charge in [-0.15, -0.1) is 0 Å². The van der Waals surface area contributed by atoms with E-state index in [2.05, 4.69) is 52.0 Å². The van der Waals surface area contributed by atoms with Gasteiger partial charge in [-0.05, 0) is 270 Å². The molecule has 2 fully saturated rings. The highest BCUT2D eigenvalue weighted by Gasteiger charge is 2.31. The van der Waals surface area contributed by atoms with E-state index in [4.69, 9.17) is 102 Å². The molecule has 0 bridgehead atoms. The summed E-state index contributed by atoms with van der Waals surface area (Å²) in [4.78, 5) is 89.9.